The fourth-order valence-electron chi connectivity index (χ4n) is 3.22. The summed E-state index contributed by atoms with van der Waals surface area (Å²) in [7, 11) is 0. The van der Waals surface area contributed by atoms with Gasteiger partial charge in [0.1, 0.15) is 6.26 Å². The van der Waals surface area contributed by atoms with Crippen LogP contribution in [-0.2, 0) is 11.2 Å². The van der Waals surface area contributed by atoms with E-state index in [0.717, 1.165) is 12.8 Å². The van der Waals surface area contributed by atoms with Crippen LogP contribution in [-0.4, -0.2) is 57.4 Å². The Balaban J connectivity index is 1.64. The molecule has 0 N–H and O–H groups in total. The molecule has 25 heavy (non-hydrogen) atoms. The summed E-state index contributed by atoms with van der Waals surface area (Å²) in [5.74, 6) is 1.03. The maximum atomic E-state index is 12.5. The second-order valence-electron chi connectivity index (χ2n) is 6.25. The minimum absolute atomic E-state index is 0.00454. The van der Waals surface area contributed by atoms with E-state index in [0.29, 0.717) is 43.3 Å². The first kappa shape index (κ1) is 17.2. The number of carbonyl (C=O) groups excluding carboxylic acids is 2. The molecular weight excluding hydrogens is 324 g/mol. The number of aryl methyl sites for hydroxylation is 1. The molecule has 0 aliphatic carbocycles. The quantitative estimate of drug-likeness (QED) is 0.817. The molecule has 134 valence electrons. The monoisotopic (exact) mass is 346 g/mol. The van der Waals surface area contributed by atoms with Crippen LogP contribution >= 0.6 is 0 Å². The Morgan fingerprint density at radius 1 is 1.44 bits per heavy atom. The van der Waals surface area contributed by atoms with Crippen molar-refractivity contribution in [3.05, 3.63) is 35.9 Å². The Morgan fingerprint density at radius 2 is 2.28 bits per heavy atom. The van der Waals surface area contributed by atoms with Gasteiger partial charge in [-0.3, -0.25) is 9.59 Å². The Bertz CT molecular complexity index is 725. The van der Waals surface area contributed by atoms with E-state index in [9.17, 15) is 9.59 Å². The fourth-order valence-corrected chi connectivity index (χ4v) is 3.22. The first-order valence-corrected chi connectivity index (χ1v) is 8.42. The molecule has 3 rings (SSSR count). The molecule has 1 unspecified atom stereocenters. The fraction of sp³-hybridized carbons (Fsp3) is 0.529. The van der Waals surface area contributed by atoms with Crippen molar-refractivity contribution in [3.63, 3.8) is 0 Å². The molecule has 3 heterocycles. The van der Waals surface area contributed by atoms with Crippen LogP contribution in [0.2, 0.25) is 0 Å². The van der Waals surface area contributed by atoms with E-state index in [1.807, 2.05) is 0 Å². The number of hydrogen-bond acceptors (Lipinski definition) is 6. The third kappa shape index (κ3) is 4.07. The molecule has 1 aliphatic heterocycles. The van der Waals surface area contributed by atoms with Crippen LogP contribution in [0.15, 0.2) is 27.5 Å². The van der Waals surface area contributed by atoms with E-state index >= 15 is 0 Å². The molecule has 8 nitrogen and oxygen atoms in total. The summed E-state index contributed by atoms with van der Waals surface area (Å²) < 4.78 is 9.96. The number of carbonyl (C=O) groups is 2. The van der Waals surface area contributed by atoms with Crippen molar-refractivity contribution in [3.8, 4) is 0 Å². The smallest absolute Gasteiger partial charge is 0.257 e. The SMILES string of the molecule is CC(=O)N(CCc1noc(C)n1)C1CCCN(C(=O)c2ccoc2)C1. The van der Waals surface area contributed by atoms with Gasteiger partial charge in [0.15, 0.2) is 5.82 Å². The lowest BCUT2D eigenvalue weighted by Crippen LogP contribution is -2.51. The van der Waals surface area contributed by atoms with Crippen molar-refractivity contribution in [1.29, 1.82) is 0 Å². The molecule has 2 amide bonds. The van der Waals surface area contributed by atoms with Crippen molar-refractivity contribution in [2.45, 2.75) is 39.2 Å². The standard InChI is InChI=1S/C17H22N4O4/c1-12-18-16(19-25-12)5-8-21(13(2)22)15-4-3-7-20(10-15)17(23)14-6-9-24-11-14/h6,9,11,15H,3-5,7-8,10H2,1-2H3. The Labute approximate surface area is 145 Å². The van der Waals surface area contributed by atoms with E-state index in [1.54, 1.807) is 29.7 Å². The number of furan rings is 1. The summed E-state index contributed by atoms with van der Waals surface area (Å²) >= 11 is 0. The first-order chi connectivity index (χ1) is 12.0. The number of aromatic nitrogens is 2. The molecule has 1 saturated heterocycles. The summed E-state index contributed by atoms with van der Waals surface area (Å²) in [4.78, 5) is 32.4. The average Bonchev–Trinajstić information content (AvgIpc) is 3.26. The maximum absolute atomic E-state index is 12.5. The van der Waals surface area contributed by atoms with Gasteiger partial charge in [0.05, 0.1) is 11.8 Å². The van der Waals surface area contributed by atoms with Gasteiger partial charge in [-0.1, -0.05) is 5.16 Å². The third-order valence-electron chi connectivity index (χ3n) is 4.44. The number of rotatable bonds is 5. The highest BCUT2D eigenvalue weighted by atomic mass is 16.5. The Morgan fingerprint density at radius 3 is 2.92 bits per heavy atom. The molecule has 2 aromatic heterocycles. The zero-order valence-electron chi connectivity index (χ0n) is 14.5. The minimum atomic E-state index is -0.0595. The normalized spacial score (nSPS) is 17.5. The Hall–Kier alpha value is -2.64. The summed E-state index contributed by atoms with van der Waals surface area (Å²) in [5.41, 5.74) is 0.539. The molecule has 8 heteroatoms. The van der Waals surface area contributed by atoms with Crippen molar-refractivity contribution in [2.75, 3.05) is 19.6 Å². The van der Waals surface area contributed by atoms with Crippen molar-refractivity contribution >= 4 is 11.8 Å². The number of nitrogens with zero attached hydrogens (tertiary/aromatic N) is 4. The molecule has 0 saturated carbocycles. The van der Waals surface area contributed by atoms with Gasteiger partial charge >= 0.3 is 0 Å². The van der Waals surface area contributed by atoms with E-state index in [-0.39, 0.29) is 17.9 Å². The van der Waals surface area contributed by atoms with Crippen LogP contribution in [0, 0.1) is 6.92 Å². The van der Waals surface area contributed by atoms with Gasteiger partial charge < -0.3 is 18.7 Å². The first-order valence-electron chi connectivity index (χ1n) is 8.42. The molecule has 0 bridgehead atoms. The van der Waals surface area contributed by atoms with Crippen molar-refractivity contribution in [2.24, 2.45) is 0 Å². The highest BCUT2D eigenvalue weighted by molar-refractivity contribution is 5.94. The van der Waals surface area contributed by atoms with Crippen LogP contribution < -0.4 is 0 Å². The van der Waals surface area contributed by atoms with Gasteiger partial charge in [-0.2, -0.15) is 4.98 Å². The molecule has 0 radical (unpaired) electrons. The molecule has 1 aliphatic rings. The number of likely N-dealkylation sites (tertiary alicyclic amines) is 1. The van der Waals surface area contributed by atoms with Crippen molar-refractivity contribution < 1.29 is 18.5 Å². The Kier molecular flexibility index (Phi) is 5.16. The van der Waals surface area contributed by atoms with E-state index in [1.165, 1.54) is 12.5 Å². The van der Waals surface area contributed by atoms with Gasteiger partial charge in [-0.25, -0.2) is 0 Å². The van der Waals surface area contributed by atoms with Crippen LogP contribution in [0.1, 0.15) is 41.8 Å². The molecule has 1 atom stereocenters. The van der Waals surface area contributed by atoms with Gasteiger partial charge in [0, 0.05) is 45.9 Å². The number of piperidine rings is 1. The second kappa shape index (κ2) is 7.50. The average molecular weight is 346 g/mol. The lowest BCUT2D eigenvalue weighted by Gasteiger charge is -2.39. The highest BCUT2D eigenvalue weighted by Gasteiger charge is 2.30. The van der Waals surface area contributed by atoms with Crippen LogP contribution in [0.5, 0.6) is 0 Å². The third-order valence-corrected chi connectivity index (χ3v) is 4.44. The second-order valence-corrected chi connectivity index (χ2v) is 6.25. The van der Waals surface area contributed by atoms with Gasteiger partial charge in [-0.15, -0.1) is 0 Å². The van der Waals surface area contributed by atoms with Crippen LogP contribution in [0.4, 0.5) is 0 Å². The lowest BCUT2D eigenvalue weighted by molar-refractivity contribution is -0.132. The largest absolute Gasteiger partial charge is 0.472 e. The van der Waals surface area contributed by atoms with E-state index in [2.05, 4.69) is 10.1 Å². The summed E-state index contributed by atoms with van der Waals surface area (Å²) in [6.45, 7) is 5.01. The topological polar surface area (TPSA) is 92.7 Å². The molecule has 0 spiro atoms. The minimum Gasteiger partial charge on any atom is -0.472 e. The maximum Gasteiger partial charge on any atom is 0.257 e. The predicted octanol–water partition coefficient (Wildman–Crippen LogP) is 1.67. The lowest BCUT2D eigenvalue weighted by atomic mass is 10.0. The molecule has 2 aromatic rings. The number of hydrogen-bond donors (Lipinski definition) is 0. The summed E-state index contributed by atoms with van der Waals surface area (Å²) in [6, 6.07) is 1.66. The van der Waals surface area contributed by atoms with Crippen LogP contribution in [0.25, 0.3) is 0 Å². The van der Waals surface area contributed by atoms with Crippen molar-refractivity contribution in [1.82, 2.24) is 19.9 Å². The highest BCUT2D eigenvalue weighted by Crippen LogP contribution is 2.19. The summed E-state index contributed by atoms with van der Waals surface area (Å²) in [5, 5.41) is 3.87. The summed E-state index contributed by atoms with van der Waals surface area (Å²) in [6.07, 6.45) is 5.21. The zero-order valence-corrected chi connectivity index (χ0v) is 14.5. The molecule has 0 aromatic carbocycles. The van der Waals surface area contributed by atoms with Gasteiger partial charge in [-0.05, 0) is 18.9 Å². The van der Waals surface area contributed by atoms with E-state index in [4.69, 9.17) is 8.94 Å². The molecular formula is C17H22N4O4. The van der Waals surface area contributed by atoms with Crippen LogP contribution in [0.3, 0.4) is 0 Å². The zero-order chi connectivity index (χ0) is 17.8. The van der Waals surface area contributed by atoms with Gasteiger partial charge in [0.25, 0.3) is 5.91 Å². The van der Waals surface area contributed by atoms with E-state index < -0.39 is 0 Å². The van der Waals surface area contributed by atoms with Gasteiger partial charge in [0.2, 0.25) is 11.8 Å². The predicted molar refractivity (Wildman–Crippen MR) is 87.8 cm³/mol. The number of amides is 2. The molecule has 1 fully saturated rings.